The summed E-state index contributed by atoms with van der Waals surface area (Å²) in [6.45, 7) is 3.16. The van der Waals surface area contributed by atoms with Gasteiger partial charge in [-0.15, -0.1) is 0 Å². The fourth-order valence-electron chi connectivity index (χ4n) is 2.82. The molecular formula is C19H24N6O2. The van der Waals surface area contributed by atoms with E-state index in [0.717, 1.165) is 12.0 Å². The van der Waals surface area contributed by atoms with Crippen LogP contribution >= 0.6 is 0 Å². The zero-order valence-electron chi connectivity index (χ0n) is 15.2. The highest BCUT2D eigenvalue weighted by Crippen LogP contribution is 2.17. The lowest BCUT2D eigenvalue weighted by atomic mass is 10.1. The molecule has 2 atom stereocenters. The highest BCUT2D eigenvalue weighted by atomic mass is 16.5. The molecule has 0 bridgehead atoms. The average molecular weight is 368 g/mol. The van der Waals surface area contributed by atoms with Crippen molar-refractivity contribution in [1.29, 1.82) is 0 Å². The van der Waals surface area contributed by atoms with Crippen molar-refractivity contribution in [3.63, 3.8) is 0 Å². The van der Waals surface area contributed by atoms with Gasteiger partial charge >= 0.3 is 6.03 Å². The predicted molar refractivity (Wildman–Crippen MR) is 106 cm³/mol. The Hall–Kier alpha value is -3.13. The van der Waals surface area contributed by atoms with Crippen LogP contribution < -0.4 is 22.1 Å². The van der Waals surface area contributed by atoms with Crippen LogP contribution in [0.5, 0.6) is 0 Å². The SMILES string of the molecule is C[C@@H](NC(=O)Nc1cc(N)c(C(N)=N[C@H]2CCOC2)cn1)c1ccccc1. The molecule has 1 aromatic heterocycles. The summed E-state index contributed by atoms with van der Waals surface area (Å²) in [5, 5.41) is 5.54. The number of benzene rings is 1. The van der Waals surface area contributed by atoms with Crippen LogP contribution in [0.25, 0.3) is 0 Å². The molecule has 1 aliphatic rings. The Balaban J connectivity index is 1.62. The van der Waals surface area contributed by atoms with E-state index in [4.69, 9.17) is 16.2 Å². The van der Waals surface area contributed by atoms with E-state index in [1.165, 1.54) is 6.20 Å². The number of ether oxygens (including phenoxy) is 1. The Morgan fingerprint density at radius 3 is 2.81 bits per heavy atom. The predicted octanol–water partition coefficient (Wildman–Crippen LogP) is 2.04. The number of hydrogen-bond acceptors (Lipinski definition) is 5. The maximum Gasteiger partial charge on any atom is 0.320 e. The molecule has 2 heterocycles. The largest absolute Gasteiger partial charge is 0.398 e. The first-order valence-electron chi connectivity index (χ1n) is 8.82. The number of hydrogen-bond donors (Lipinski definition) is 4. The quantitative estimate of drug-likeness (QED) is 0.474. The van der Waals surface area contributed by atoms with E-state index in [9.17, 15) is 4.79 Å². The molecule has 2 aromatic rings. The molecule has 1 fully saturated rings. The molecule has 0 aliphatic carbocycles. The summed E-state index contributed by atoms with van der Waals surface area (Å²) in [5.74, 6) is 0.662. The molecule has 0 spiro atoms. The second-order valence-electron chi connectivity index (χ2n) is 6.42. The minimum absolute atomic E-state index is 0.0486. The monoisotopic (exact) mass is 368 g/mol. The fraction of sp³-hybridized carbons (Fsp3) is 0.316. The number of anilines is 2. The summed E-state index contributed by atoms with van der Waals surface area (Å²) in [6.07, 6.45) is 2.35. The van der Waals surface area contributed by atoms with E-state index in [-0.39, 0.29) is 18.1 Å². The van der Waals surface area contributed by atoms with Crippen molar-refractivity contribution in [2.45, 2.75) is 25.4 Å². The third kappa shape index (κ3) is 4.95. The molecular weight excluding hydrogens is 344 g/mol. The van der Waals surface area contributed by atoms with Crippen LogP contribution in [-0.2, 0) is 4.74 Å². The third-order valence-electron chi connectivity index (χ3n) is 4.33. The molecule has 6 N–H and O–H groups in total. The number of carbonyl (C=O) groups excluding carboxylic acids is 1. The van der Waals surface area contributed by atoms with Crippen molar-refractivity contribution in [3.05, 3.63) is 53.7 Å². The van der Waals surface area contributed by atoms with Gasteiger partial charge in [-0.05, 0) is 18.9 Å². The number of nitrogen functional groups attached to an aromatic ring is 1. The number of nitrogens with two attached hydrogens (primary N) is 2. The maximum absolute atomic E-state index is 12.2. The average Bonchev–Trinajstić information content (AvgIpc) is 3.15. The van der Waals surface area contributed by atoms with Gasteiger partial charge in [-0.1, -0.05) is 30.3 Å². The number of aliphatic imine (C=N–C) groups is 1. The zero-order chi connectivity index (χ0) is 19.2. The molecule has 0 radical (unpaired) electrons. The fourth-order valence-corrected chi connectivity index (χ4v) is 2.82. The number of rotatable bonds is 5. The molecule has 0 saturated carbocycles. The normalized spacial score (nSPS) is 18.1. The Kier molecular flexibility index (Phi) is 5.87. The maximum atomic E-state index is 12.2. The second kappa shape index (κ2) is 8.50. The number of amides is 2. The molecule has 142 valence electrons. The summed E-state index contributed by atoms with van der Waals surface area (Å²) in [5.41, 5.74) is 14.0. The third-order valence-corrected chi connectivity index (χ3v) is 4.33. The van der Waals surface area contributed by atoms with Gasteiger partial charge in [0, 0.05) is 24.6 Å². The first-order chi connectivity index (χ1) is 13.0. The Labute approximate surface area is 158 Å². The molecule has 8 heteroatoms. The van der Waals surface area contributed by atoms with Crippen molar-refractivity contribution in [2.75, 3.05) is 24.3 Å². The molecule has 8 nitrogen and oxygen atoms in total. The number of nitrogens with one attached hydrogen (secondary N) is 2. The van der Waals surface area contributed by atoms with Crippen molar-refractivity contribution < 1.29 is 9.53 Å². The lowest BCUT2D eigenvalue weighted by molar-refractivity contribution is 0.194. The number of urea groups is 1. The molecule has 1 aromatic carbocycles. The van der Waals surface area contributed by atoms with Crippen LogP contribution in [0, 0.1) is 0 Å². The van der Waals surface area contributed by atoms with Crippen molar-refractivity contribution >= 4 is 23.4 Å². The Morgan fingerprint density at radius 2 is 2.15 bits per heavy atom. The smallest absolute Gasteiger partial charge is 0.320 e. The minimum Gasteiger partial charge on any atom is -0.398 e. The zero-order valence-corrected chi connectivity index (χ0v) is 15.2. The first-order valence-corrected chi connectivity index (χ1v) is 8.82. The number of carbonyl (C=O) groups is 1. The van der Waals surface area contributed by atoms with Crippen molar-refractivity contribution in [1.82, 2.24) is 10.3 Å². The number of pyridine rings is 1. The van der Waals surface area contributed by atoms with Gasteiger partial charge in [0.2, 0.25) is 0 Å². The highest BCUT2D eigenvalue weighted by molar-refractivity contribution is 6.02. The van der Waals surface area contributed by atoms with Crippen LogP contribution in [0.15, 0.2) is 47.6 Å². The molecule has 3 rings (SSSR count). The lowest BCUT2D eigenvalue weighted by Gasteiger charge is -2.15. The van der Waals surface area contributed by atoms with E-state index in [1.807, 2.05) is 37.3 Å². The van der Waals surface area contributed by atoms with Crippen molar-refractivity contribution in [3.8, 4) is 0 Å². The number of nitrogens with zero attached hydrogens (tertiary/aromatic N) is 2. The molecule has 1 saturated heterocycles. The van der Waals surface area contributed by atoms with Crippen LogP contribution in [-0.4, -0.2) is 36.1 Å². The first kappa shape index (κ1) is 18.7. The van der Waals surface area contributed by atoms with Gasteiger partial charge in [-0.2, -0.15) is 0 Å². The number of aromatic nitrogens is 1. The van der Waals surface area contributed by atoms with Gasteiger partial charge in [0.1, 0.15) is 11.7 Å². The van der Waals surface area contributed by atoms with Crippen LogP contribution in [0.2, 0.25) is 0 Å². The van der Waals surface area contributed by atoms with E-state index in [1.54, 1.807) is 6.07 Å². The molecule has 2 amide bonds. The molecule has 1 aliphatic heterocycles. The highest BCUT2D eigenvalue weighted by Gasteiger charge is 2.16. The van der Waals surface area contributed by atoms with E-state index >= 15 is 0 Å². The number of amidine groups is 1. The van der Waals surface area contributed by atoms with Crippen LogP contribution in [0.3, 0.4) is 0 Å². The Morgan fingerprint density at radius 1 is 1.37 bits per heavy atom. The summed E-state index contributed by atoms with van der Waals surface area (Å²) >= 11 is 0. The van der Waals surface area contributed by atoms with Gasteiger partial charge in [0.15, 0.2) is 0 Å². The van der Waals surface area contributed by atoms with Crippen molar-refractivity contribution in [2.24, 2.45) is 10.7 Å². The van der Waals surface area contributed by atoms with Crippen LogP contribution in [0.4, 0.5) is 16.3 Å². The summed E-state index contributed by atoms with van der Waals surface area (Å²) in [7, 11) is 0. The summed E-state index contributed by atoms with van der Waals surface area (Å²) < 4.78 is 5.29. The topological polar surface area (TPSA) is 128 Å². The standard InChI is InChI=1S/C19H24N6O2/c1-12(13-5-3-2-4-6-13)23-19(26)25-17-9-16(20)15(10-22-17)18(21)24-14-7-8-27-11-14/h2-6,9-10,12,14H,7-8,11H2,1H3,(H2,21,24)(H4,20,22,23,25,26)/t12-,14+/m1/s1. The molecule has 0 unspecified atom stereocenters. The van der Waals surface area contributed by atoms with E-state index < -0.39 is 0 Å². The lowest BCUT2D eigenvalue weighted by Crippen LogP contribution is -2.31. The second-order valence-corrected chi connectivity index (χ2v) is 6.42. The van der Waals surface area contributed by atoms with E-state index in [2.05, 4.69) is 20.6 Å². The Bertz CT molecular complexity index is 818. The minimum atomic E-state index is -0.365. The molecule has 27 heavy (non-hydrogen) atoms. The summed E-state index contributed by atoms with van der Waals surface area (Å²) in [4.78, 5) is 20.8. The van der Waals surface area contributed by atoms with Gasteiger partial charge in [0.05, 0.1) is 24.3 Å². The van der Waals surface area contributed by atoms with Gasteiger partial charge in [-0.3, -0.25) is 10.3 Å². The van der Waals surface area contributed by atoms with Gasteiger partial charge in [-0.25, -0.2) is 9.78 Å². The van der Waals surface area contributed by atoms with Crippen LogP contribution in [0.1, 0.15) is 30.5 Å². The van der Waals surface area contributed by atoms with E-state index in [0.29, 0.717) is 36.1 Å². The van der Waals surface area contributed by atoms with Gasteiger partial charge in [0.25, 0.3) is 0 Å². The summed E-state index contributed by atoms with van der Waals surface area (Å²) in [6, 6.07) is 10.8. The van der Waals surface area contributed by atoms with Gasteiger partial charge < -0.3 is 21.5 Å².